The van der Waals surface area contributed by atoms with E-state index in [9.17, 15) is 4.79 Å². The molecule has 4 aromatic rings. The maximum atomic E-state index is 13.0. The number of carbonyl (C=O) groups excluding carboxylic acids is 1. The Hall–Kier alpha value is -3.53. The van der Waals surface area contributed by atoms with Crippen LogP contribution in [0.1, 0.15) is 38.5 Å². The lowest BCUT2D eigenvalue weighted by Gasteiger charge is -2.20. The molecule has 0 saturated heterocycles. The predicted octanol–water partition coefficient (Wildman–Crippen LogP) is 5.41. The van der Waals surface area contributed by atoms with Crippen molar-refractivity contribution in [3.8, 4) is 0 Å². The third kappa shape index (κ3) is 4.19. The number of benzene rings is 3. The third-order valence-electron chi connectivity index (χ3n) is 6.12. The van der Waals surface area contributed by atoms with E-state index in [0.29, 0.717) is 6.54 Å². The van der Waals surface area contributed by atoms with E-state index in [2.05, 4.69) is 63.9 Å². The SMILES string of the molecule is Cc1cccc(C(=O)NC[C@@H](c2ccc(N(C)C)cc2)c2c[nH]c3ccccc23)c1C. The van der Waals surface area contributed by atoms with Crippen molar-refractivity contribution in [2.75, 3.05) is 25.5 Å². The van der Waals surface area contributed by atoms with Crippen LogP contribution in [0.4, 0.5) is 5.69 Å². The van der Waals surface area contributed by atoms with Gasteiger partial charge in [0.2, 0.25) is 0 Å². The summed E-state index contributed by atoms with van der Waals surface area (Å²) in [6.07, 6.45) is 2.07. The number of nitrogens with one attached hydrogen (secondary N) is 2. The van der Waals surface area contributed by atoms with Crippen LogP contribution in [0.5, 0.6) is 0 Å². The molecule has 158 valence electrons. The van der Waals surface area contributed by atoms with Crippen LogP contribution in [-0.4, -0.2) is 31.5 Å². The quantitative estimate of drug-likeness (QED) is 0.445. The summed E-state index contributed by atoms with van der Waals surface area (Å²) >= 11 is 0. The Balaban J connectivity index is 1.67. The molecule has 0 fully saturated rings. The van der Waals surface area contributed by atoms with Gasteiger partial charge in [0.1, 0.15) is 0 Å². The maximum absolute atomic E-state index is 13.0. The van der Waals surface area contributed by atoms with Crippen molar-refractivity contribution in [3.63, 3.8) is 0 Å². The normalized spacial score (nSPS) is 12.0. The highest BCUT2D eigenvalue weighted by molar-refractivity contribution is 5.96. The summed E-state index contributed by atoms with van der Waals surface area (Å²) in [6, 6.07) is 22.7. The van der Waals surface area contributed by atoms with E-state index in [1.807, 2.05) is 52.2 Å². The summed E-state index contributed by atoms with van der Waals surface area (Å²) in [7, 11) is 4.08. The molecule has 0 saturated carbocycles. The van der Waals surface area contributed by atoms with Gasteiger partial charge in [0.05, 0.1) is 0 Å². The van der Waals surface area contributed by atoms with E-state index in [1.54, 1.807) is 0 Å². The minimum absolute atomic E-state index is 0.0315. The zero-order valence-corrected chi connectivity index (χ0v) is 18.6. The van der Waals surface area contributed by atoms with Crippen LogP contribution < -0.4 is 10.2 Å². The van der Waals surface area contributed by atoms with E-state index >= 15 is 0 Å². The van der Waals surface area contributed by atoms with E-state index in [1.165, 1.54) is 16.5 Å². The molecule has 1 heterocycles. The number of hydrogen-bond donors (Lipinski definition) is 2. The molecular formula is C27H29N3O. The molecule has 31 heavy (non-hydrogen) atoms. The second kappa shape index (κ2) is 8.68. The second-order valence-electron chi connectivity index (χ2n) is 8.29. The van der Waals surface area contributed by atoms with Gasteiger partial charge in [-0.25, -0.2) is 0 Å². The Kier molecular flexibility index (Phi) is 5.81. The number of aromatic amines is 1. The van der Waals surface area contributed by atoms with Crippen molar-refractivity contribution < 1.29 is 4.79 Å². The molecule has 0 spiro atoms. The number of anilines is 1. The fourth-order valence-corrected chi connectivity index (χ4v) is 4.08. The fraction of sp³-hybridized carbons (Fsp3) is 0.222. The molecule has 4 rings (SSSR count). The molecule has 0 radical (unpaired) electrons. The first-order chi connectivity index (χ1) is 15.0. The third-order valence-corrected chi connectivity index (χ3v) is 6.12. The van der Waals surface area contributed by atoms with Crippen LogP contribution in [0, 0.1) is 13.8 Å². The van der Waals surface area contributed by atoms with Crippen molar-refractivity contribution in [3.05, 3.63) is 101 Å². The first kappa shape index (κ1) is 20.7. The largest absolute Gasteiger partial charge is 0.378 e. The maximum Gasteiger partial charge on any atom is 0.251 e. The highest BCUT2D eigenvalue weighted by Crippen LogP contribution is 2.31. The van der Waals surface area contributed by atoms with E-state index < -0.39 is 0 Å². The molecule has 0 unspecified atom stereocenters. The van der Waals surface area contributed by atoms with Crippen LogP contribution in [0.3, 0.4) is 0 Å². The van der Waals surface area contributed by atoms with Gasteiger partial charge in [-0.1, -0.05) is 42.5 Å². The van der Waals surface area contributed by atoms with Gasteiger partial charge in [0.15, 0.2) is 0 Å². The molecule has 3 aromatic carbocycles. The molecule has 1 amide bonds. The lowest BCUT2D eigenvalue weighted by molar-refractivity contribution is 0.0951. The molecule has 1 aromatic heterocycles. The number of fused-ring (bicyclic) bond motifs is 1. The minimum Gasteiger partial charge on any atom is -0.378 e. The monoisotopic (exact) mass is 411 g/mol. The minimum atomic E-state index is -0.0315. The second-order valence-corrected chi connectivity index (χ2v) is 8.29. The van der Waals surface area contributed by atoms with Gasteiger partial charge < -0.3 is 15.2 Å². The predicted molar refractivity (Wildman–Crippen MR) is 129 cm³/mol. The van der Waals surface area contributed by atoms with Crippen LogP contribution in [-0.2, 0) is 0 Å². The molecule has 4 heteroatoms. The van der Waals surface area contributed by atoms with Crippen molar-refractivity contribution >= 4 is 22.5 Å². The fourth-order valence-electron chi connectivity index (χ4n) is 4.08. The first-order valence-corrected chi connectivity index (χ1v) is 10.6. The molecule has 0 aliphatic carbocycles. The van der Waals surface area contributed by atoms with Crippen molar-refractivity contribution in [2.45, 2.75) is 19.8 Å². The van der Waals surface area contributed by atoms with Crippen molar-refractivity contribution in [1.29, 1.82) is 0 Å². The van der Waals surface area contributed by atoms with Gasteiger partial charge in [0.25, 0.3) is 5.91 Å². The average Bonchev–Trinajstić information content (AvgIpc) is 3.20. The molecular weight excluding hydrogens is 382 g/mol. The number of amides is 1. The number of carbonyl (C=O) groups is 1. The number of aryl methyl sites for hydroxylation is 1. The van der Waals surface area contributed by atoms with Crippen LogP contribution in [0.25, 0.3) is 10.9 Å². The first-order valence-electron chi connectivity index (χ1n) is 10.6. The summed E-state index contributed by atoms with van der Waals surface area (Å²) in [6.45, 7) is 4.56. The lowest BCUT2D eigenvalue weighted by atomic mass is 9.90. The molecule has 0 aliphatic rings. The molecule has 0 aliphatic heterocycles. The number of nitrogens with zero attached hydrogens (tertiary/aromatic N) is 1. The Morgan fingerprint density at radius 3 is 2.45 bits per heavy atom. The van der Waals surface area contributed by atoms with Crippen molar-refractivity contribution in [1.82, 2.24) is 10.3 Å². The smallest absolute Gasteiger partial charge is 0.251 e. The standard InChI is InChI=1S/C27H29N3O/c1-18-8-7-10-22(19(18)2)27(31)29-16-24(20-12-14-21(15-13-20)30(3)4)25-17-28-26-11-6-5-9-23(25)26/h5-15,17,24,28H,16H2,1-4H3,(H,29,31)/t24-/m0/s1. The Labute approximate surface area is 183 Å². The van der Waals surface area contributed by atoms with E-state index in [-0.39, 0.29) is 11.8 Å². The molecule has 0 bridgehead atoms. The van der Waals surface area contributed by atoms with E-state index in [4.69, 9.17) is 0 Å². The highest BCUT2D eigenvalue weighted by atomic mass is 16.1. The van der Waals surface area contributed by atoms with Gasteiger partial charge in [-0.3, -0.25) is 4.79 Å². The van der Waals surface area contributed by atoms with Crippen LogP contribution >= 0.6 is 0 Å². The summed E-state index contributed by atoms with van der Waals surface area (Å²) in [4.78, 5) is 18.5. The number of para-hydroxylation sites is 1. The topological polar surface area (TPSA) is 48.1 Å². The molecule has 1 atom stereocenters. The molecule has 2 N–H and O–H groups in total. The van der Waals surface area contributed by atoms with Gasteiger partial charge in [0, 0.05) is 54.9 Å². The zero-order valence-electron chi connectivity index (χ0n) is 18.6. The summed E-state index contributed by atoms with van der Waals surface area (Å²) in [5.74, 6) is 0.0115. The Morgan fingerprint density at radius 1 is 0.968 bits per heavy atom. The number of rotatable bonds is 6. The molecule has 4 nitrogen and oxygen atoms in total. The average molecular weight is 412 g/mol. The lowest BCUT2D eigenvalue weighted by Crippen LogP contribution is -2.29. The number of H-pyrrole nitrogens is 1. The zero-order chi connectivity index (χ0) is 22.0. The number of aromatic nitrogens is 1. The Morgan fingerprint density at radius 2 is 1.71 bits per heavy atom. The summed E-state index contributed by atoms with van der Waals surface area (Å²) in [5.41, 5.74) is 7.51. The van der Waals surface area contributed by atoms with Crippen molar-refractivity contribution in [2.24, 2.45) is 0 Å². The van der Waals surface area contributed by atoms with Gasteiger partial charge in [-0.15, -0.1) is 0 Å². The van der Waals surface area contributed by atoms with Gasteiger partial charge in [-0.05, 0) is 60.4 Å². The van der Waals surface area contributed by atoms with Crippen LogP contribution in [0.2, 0.25) is 0 Å². The summed E-state index contributed by atoms with van der Waals surface area (Å²) in [5, 5.41) is 4.38. The Bertz CT molecular complexity index is 1200. The van der Waals surface area contributed by atoms with Crippen LogP contribution in [0.15, 0.2) is 72.9 Å². The van der Waals surface area contributed by atoms with Gasteiger partial charge in [-0.2, -0.15) is 0 Å². The number of hydrogen-bond acceptors (Lipinski definition) is 2. The highest BCUT2D eigenvalue weighted by Gasteiger charge is 2.20. The van der Waals surface area contributed by atoms with E-state index in [0.717, 1.165) is 27.9 Å². The van der Waals surface area contributed by atoms with Gasteiger partial charge >= 0.3 is 0 Å². The summed E-state index contributed by atoms with van der Waals surface area (Å²) < 4.78 is 0.